The summed E-state index contributed by atoms with van der Waals surface area (Å²) in [6.45, 7) is 4.80. The lowest BCUT2D eigenvalue weighted by Crippen LogP contribution is -2.26. The van der Waals surface area contributed by atoms with Crippen molar-refractivity contribution in [2.75, 3.05) is 0 Å². The minimum absolute atomic E-state index is 0.146. The first-order valence-corrected chi connectivity index (χ1v) is 12.1. The smallest absolute Gasteiger partial charge is 0.251 e. The van der Waals surface area contributed by atoms with Crippen LogP contribution >= 0.6 is 0 Å². The van der Waals surface area contributed by atoms with E-state index >= 15 is 0 Å². The standard InChI is InChI=1S/C30H28N4O3/c1-21-5-4-16-34-18-26(33-29(21)34)20-37-28-13-9-25(10-14-28)30(35)32-22(2)24-7-11-27(12-8-24)36-19-23-6-3-15-31-17-23/h3-18,22H,19-20H2,1-2H3,(H,32,35). The molecule has 1 atom stereocenters. The number of hydrogen-bond acceptors (Lipinski definition) is 5. The summed E-state index contributed by atoms with van der Waals surface area (Å²) in [4.78, 5) is 21.5. The van der Waals surface area contributed by atoms with E-state index in [9.17, 15) is 4.79 Å². The van der Waals surface area contributed by atoms with Gasteiger partial charge in [0.05, 0.1) is 11.7 Å². The van der Waals surface area contributed by atoms with Crippen LogP contribution in [0.2, 0.25) is 0 Å². The van der Waals surface area contributed by atoms with Gasteiger partial charge in [-0.15, -0.1) is 0 Å². The van der Waals surface area contributed by atoms with E-state index in [0.717, 1.165) is 33.8 Å². The van der Waals surface area contributed by atoms with Gasteiger partial charge in [0, 0.05) is 35.9 Å². The van der Waals surface area contributed by atoms with E-state index in [1.807, 2.05) is 79.2 Å². The van der Waals surface area contributed by atoms with E-state index in [4.69, 9.17) is 9.47 Å². The van der Waals surface area contributed by atoms with Gasteiger partial charge >= 0.3 is 0 Å². The Labute approximate surface area is 215 Å². The van der Waals surface area contributed by atoms with Crippen molar-refractivity contribution >= 4 is 11.6 Å². The molecular weight excluding hydrogens is 464 g/mol. The molecule has 1 N–H and O–H groups in total. The monoisotopic (exact) mass is 492 g/mol. The minimum Gasteiger partial charge on any atom is -0.489 e. The number of amides is 1. The van der Waals surface area contributed by atoms with Crippen molar-refractivity contribution in [2.24, 2.45) is 0 Å². The van der Waals surface area contributed by atoms with Gasteiger partial charge in [-0.1, -0.05) is 24.3 Å². The lowest BCUT2D eigenvalue weighted by atomic mass is 10.1. The van der Waals surface area contributed by atoms with Gasteiger partial charge in [0.2, 0.25) is 0 Å². The molecule has 0 fully saturated rings. The fourth-order valence-electron chi connectivity index (χ4n) is 4.00. The van der Waals surface area contributed by atoms with Crippen molar-refractivity contribution in [3.8, 4) is 11.5 Å². The van der Waals surface area contributed by atoms with Crippen molar-refractivity contribution < 1.29 is 14.3 Å². The third-order valence-corrected chi connectivity index (χ3v) is 6.09. The molecule has 0 bridgehead atoms. The second-order valence-corrected chi connectivity index (χ2v) is 8.88. The fraction of sp³-hybridized carbons (Fsp3) is 0.167. The van der Waals surface area contributed by atoms with Crippen LogP contribution in [0.1, 0.15) is 45.7 Å². The van der Waals surface area contributed by atoms with Crippen LogP contribution in [-0.2, 0) is 13.2 Å². The second kappa shape index (κ2) is 11.0. The van der Waals surface area contributed by atoms with Gasteiger partial charge in [0.15, 0.2) is 0 Å². The van der Waals surface area contributed by atoms with E-state index in [2.05, 4.69) is 15.3 Å². The van der Waals surface area contributed by atoms with Gasteiger partial charge < -0.3 is 19.2 Å². The number of aryl methyl sites for hydroxylation is 1. The zero-order chi connectivity index (χ0) is 25.6. The summed E-state index contributed by atoms with van der Waals surface area (Å²) in [6, 6.07) is 22.6. The van der Waals surface area contributed by atoms with Crippen LogP contribution in [0.15, 0.2) is 97.6 Å². The van der Waals surface area contributed by atoms with Crippen LogP contribution in [0.4, 0.5) is 0 Å². The van der Waals surface area contributed by atoms with Crippen molar-refractivity contribution in [2.45, 2.75) is 33.1 Å². The van der Waals surface area contributed by atoms with Crippen molar-refractivity contribution in [3.63, 3.8) is 0 Å². The topological polar surface area (TPSA) is 77.8 Å². The van der Waals surface area contributed by atoms with Gasteiger partial charge in [0.1, 0.15) is 30.4 Å². The Kier molecular flexibility index (Phi) is 7.12. The quantitative estimate of drug-likeness (QED) is 0.286. The van der Waals surface area contributed by atoms with Crippen LogP contribution in [0, 0.1) is 6.92 Å². The number of imidazole rings is 1. The Morgan fingerprint density at radius 1 is 0.946 bits per heavy atom. The molecule has 5 rings (SSSR count). The summed E-state index contributed by atoms with van der Waals surface area (Å²) in [7, 11) is 0. The molecule has 2 aromatic carbocycles. The maximum Gasteiger partial charge on any atom is 0.251 e. The molecule has 7 nitrogen and oxygen atoms in total. The number of carbonyl (C=O) groups excluding carboxylic acids is 1. The number of hydrogen-bond donors (Lipinski definition) is 1. The van der Waals surface area contributed by atoms with Crippen LogP contribution in [0.25, 0.3) is 5.65 Å². The number of aromatic nitrogens is 3. The van der Waals surface area contributed by atoms with Gasteiger partial charge in [-0.3, -0.25) is 9.78 Å². The Morgan fingerprint density at radius 3 is 2.38 bits per heavy atom. The van der Waals surface area contributed by atoms with Gasteiger partial charge in [0.25, 0.3) is 5.91 Å². The molecule has 3 heterocycles. The van der Waals surface area contributed by atoms with Gasteiger partial charge in [-0.2, -0.15) is 0 Å². The van der Waals surface area contributed by atoms with E-state index in [-0.39, 0.29) is 11.9 Å². The van der Waals surface area contributed by atoms with E-state index in [1.165, 1.54) is 0 Å². The van der Waals surface area contributed by atoms with Gasteiger partial charge in [-0.05, 0) is 73.5 Å². The fourth-order valence-corrected chi connectivity index (χ4v) is 4.00. The van der Waals surface area contributed by atoms with Crippen LogP contribution in [0.3, 0.4) is 0 Å². The Balaban J connectivity index is 1.13. The zero-order valence-corrected chi connectivity index (χ0v) is 20.8. The van der Waals surface area contributed by atoms with Crippen LogP contribution in [0.5, 0.6) is 11.5 Å². The zero-order valence-electron chi connectivity index (χ0n) is 20.8. The van der Waals surface area contributed by atoms with Crippen LogP contribution < -0.4 is 14.8 Å². The number of fused-ring (bicyclic) bond motifs is 1. The summed E-state index contributed by atoms with van der Waals surface area (Å²) < 4.78 is 13.7. The number of ether oxygens (including phenoxy) is 2. The molecule has 7 heteroatoms. The number of nitrogens with zero attached hydrogens (tertiary/aromatic N) is 3. The van der Waals surface area contributed by atoms with Crippen molar-refractivity contribution in [1.82, 2.24) is 19.7 Å². The third-order valence-electron chi connectivity index (χ3n) is 6.09. The summed E-state index contributed by atoms with van der Waals surface area (Å²) in [5, 5.41) is 3.05. The van der Waals surface area contributed by atoms with E-state index in [1.54, 1.807) is 36.7 Å². The summed E-state index contributed by atoms with van der Waals surface area (Å²) in [6.07, 6.45) is 7.46. The van der Waals surface area contributed by atoms with Crippen LogP contribution in [-0.4, -0.2) is 20.3 Å². The molecule has 0 aliphatic heterocycles. The molecular formula is C30H28N4O3. The molecule has 5 aromatic rings. The molecule has 186 valence electrons. The largest absolute Gasteiger partial charge is 0.489 e. The minimum atomic E-state index is -0.158. The highest BCUT2D eigenvalue weighted by molar-refractivity contribution is 5.94. The summed E-state index contributed by atoms with van der Waals surface area (Å²) in [5.74, 6) is 1.30. The average Bonchev–Trinajstić information content (AvgIpc) is 3.36. The molecule has 0 spiro atoms. The Hall–Kier alpha value is -4.65. The average molecular weight is 493 g/mol. The molecule has 0 aliphatic rings. The van der Waals surface area contributed by atoms with Crippen molar-refractivity contribution in [1.29, 1.82) is 0 Å². The number of carbonyl (C=O) groups is 1. The molecule has 0 radical (unpaired) electrons. The number of rotatable bonds is 9. The second-order valence-electron chi connectivity index (χ2n) is 8.88. The number of nitrogens with one attached hydrogen (secondary N) is 1. The highest BCUT2D eigenvalue weighted by atomic mass is 16.5. The van der Waals surface area contributed by atoms with E-state index < -0.39 is 0 Å². The Morgan fingerprint density at radius 2 is 1.68 bits per heavy atom. The molecule has 37 heavy (non-hydrogen) atoms. The predicted molar refractivity (Wildman–Crippen MR) is 142 cm³/mol. The highest BCUT2D eigenvalue weighted by Crippen LogP contribution is 2.20. The predicted octanol–water partition coefficient (Wildman–Crippen LogP) is 5.69. The lowest BCUT2D eigenvalue weighted by molar-refractivity contribution is 0.0940. The summed E-state index contributed by atoms with van der Waals surface area (Å²) in [5.41, 5.74) is 5.45. The van der Waals surface area contributed by atoms with Crippen molar-refractivity contribution in [3.05, 3.63) is 126 Å². The molecule has 0 saturated heterocycles. The third kappa shape index (κ3) is 5.95. The first-order valence-electron chi connectivity index (χ1n) is 12.1. The highest BCUT2D eigenvalue weighted by Gasteiger charge is 2.12. The number of benzene rings is 2. The molecule has 1 unspecified atom stereocenters. The summed E-state index contributed by atoms with van der Waals surface area (Å²) >= 11 is 0. The maximum atomic E-state index is 12.8. The van der Waals surface area contributed by atoms with E-state index in [0.29, 0.717) is 24.5 Å². The SMILES string of the molecule is Cc1cccn2cc(COc3ccc(C(=O)NC(C)c4ccc(OCc5cccnc5)cc4)cc3)nc12. The molecule has 0 aliphatic carbocycles. The molecule has 3 aromatic heterocycles. The first kappa shape index (κ1) is 24.1. The molecule has 1 amide bonds. The first-order chi connectivity index (χ1) is 18.0. The maximum absolute atomic E-state index is 12.8. The van der Waals surface area contributed by atoms with Gasteiger partial charge in [-0.25, -0.2) is 4.98 Å². The number of pyridine rings is 2. The normalized spacial score (nSPS) is 11.7. The Bertz CT molecular complexity index is 1480. The molecule has 0 saturated carbocycles. The lowest BCUT2D eigenvalue weighted by Gasteiger charge is -2.15.